The Bertz CT molecular complexity index is 578. The highest BCUT2D eigenvalue weighted by Crippen LogP contribution is 2.21. The van der Waals surface area contributed by atoms with Gasteiger partial charge in [0.2, 0.25) is 0 Å². The highest BCUT2D eigenvalue weighted by Gasteiger charge is 2.07. The summed E-state index contributed by atoms with van der Waals surface area (Å²) in [5.41, 5.74) is 3.09. The van der Waals surface area contributed by atoms with E-state index in [0.29, 0.717) is 12.4 Å². The fourth-order valence-electron chi connectivity index (χ4n) is 1.95. The van der Waals surface area contributed by atoms with Crippen molar-refractivity contribution in [1.29, 1.82) is 0 Å². The normalized spacial score (nSPS) is 10.3. The number of benzene rings is 1. The third kappa shape index (κ3) is 3.16. The number of carbonyl (C=O) groups excluding carboxylic acids is 1. The number of Topliss-reactive ketones (excluding diaryl/α,β-unsaturated/α-hetero) is 1. The van der Waals surface area contributed by atoms with Gasteiger partial charge in [-0.15, -0.1) is 10.2 Å². The molecule has 0 aliphatic carbocycles. The molecule has 0 saturated heterocycles. The van der Waals surface area contributed by atoms with Crippen LogP contribution in [0.5, 0.6) is 0 Å². The maximum absolute atomic E-state index is 11.1. The Hall–Kier alpha value is -2.23. The first-order chi connectivity index (χ1) is 9.08. The van der Waals surface area contributed by atoms with Crippen LogP contribution in [-0.2, 0) is 4.79 Å². The van der Waals surface area contributed by atoms with Crippen LogP contribution in [0.1, 0.15) is 12.5 Å². The van der Waals surface area contributed by atoms with Gasteiger partial charge >= 0.3 is 0 Å². The van der Waals surface area contributed by atoms with E-state index in [1.807, 2.05) is 50.4 Å². The average molecular weight is 255 g/mol. The lowest BCUT2D eigenvalue weighted by atomic mass is 10.1. The second kappa shape index (κ2) is 5.61. The molecule has 2 rings (SSSR count). The molecule has 4 heteroatoms. The van der Waals surface area contributed by atoms with Crippen LogP contribution >= 0.6 is 0 Å². The first-order valence-corrected chi connectivity index (χ1v) is 6.18. The van der Waals surface area contributed by atoms with E-state index in [1.165, 1.54) is 5.56 Å². The van der Waals surface area contributed by atoms with Crippen LogP contribution in [0.2, 0.25) is 0 Å². The minimum Gasteiger partial charge on any atom is -0.351 e. The van der Waals surface area contributed by atoms with Crippen molar-refractivity contribution in [3.8, 4) is 11.3 Å². The number of hydrogen-bond acceptors (Lipinski definition) is 4. The van der Waals surface area contributed by atoms with E-state index >= 15 is 0 Å². The minimum absolute atomic E-state index is 0.104. The highest BCUT2D eigenvalue weighted by atomic mass is 16.1. The SMILES string of the molecule is CC(=O)CN(C)c1ccc(-c2ccccc2C)nn1. The summed E-state index contributed by atoms with van der Waals surface area (Å²) < 4.78 is 0. The molecule has 98 valence electrons. The molecule has 0 N–H and O–H groups in total. The lowest BCUT2D eigenvalue weighted by molar-refractivity contribution is -0.115. The standard InChI is InChI=1S/C15H17N3O/c1-11-6-4-5-7-13(11)14-8-9-15(17-16-14)18(3)10-12(2)19/h4-9H,10H2,1-3H3. The van der Waals surface area contributed by atoms with Gasteiger partial charge in [-0.05, 0) is 31.5 Å². The Morgan fingerprint density at radius 2 is 1.89 bits per heavy atom. The lowest BCUT2D eigenvalue weighted by Crippen LogP contribution is -2.24. The van der Waals surface area contributed by atoms with Gasteiger partial charge in [-0.1, -0.05) is 24.3 Å². The Morgan fingerprint density at radius 1 is 1.16 bits per heavy atom. The van der Waals surface area contributed by atoms with Crippen molar-refractivity contribution in [2.24, 2.45) is 0 Å². The van der Waals surface area contributed by atoms with Crippen LogP contribution in [0.4, 0.5) is 5.82 Å². The van der Waals surface area contributed by atoms with Crippen LogP contribution in [0.3, 0.4) is 0 Å². The first-order valence-electron chi connectivity index (χ1n) is 6.18. The molecule has 1 aromatic carbocycles. The van der Waals surface area contributed by atoms with E-state index in [4.69, 9.17) is 0 Å². The Kier molecular flexibility index (Phi) is 3.90. The molecule has 1 aromatic heterocycles. The summed E-state index contributed by atoms with van der Waals surface area (Å²) in [5, 5.41) is 8.41. The number of carbonyl (C=O) groups is 1. The van der Waals surface area contributed by atoms with E-state index in [9.17, 15) is 4.79 Å². The maximum atomic E-state index is 11.1. The van der Waals surface area contributed by atoms with Crippen molar-refractivity contribution in [1.82, 2.24) is 10.2 Å². The largest absolute Gasteiger partial charge is 0.351 e. The van der Waals surface area contributed by atoms with Gasteiger partial charge in [-0.3, -0.25) is 4.79 Å². The molecule has 4 nitrogen and oxygen atoms in total. The third-order valence-electron chi connectivity index (χ3n) is 2.92. The van der Waals surface area contributed by atoms with Crippen LogP contribution in [0.25, 0.3) is 11.3 Å². The molecule has 0 spiro atoms. The molecule has 0 atom stereocenters. The van der Waals surface area contributed by atoms with Gasteiger partial charge in [0.25, 0.3) is 0 Å². The number of nitrogens with zero attached hydrogens (tertiary/aromatic N) is 3. The Balaban J connectivity index is 2.24. The zero-order valence-electron chi connectivity index (χ0n) is 11.4. The van der Waals surface area contributed by atoms with E-state index in [2.05, 4.69) is 10.2 Å². The molecule has 0 radical (unpaired) electrons. The predicted octanol–water partition coefficient (Wildman–Crippen LogP) is 2.48. The molecule has 0 unspecified atom stereocenters. The lowest BCUT2D eigenvalue weighted by Gasteiger charge is -2.15. The fourth-order valence-corrected chi connectivity index (χ4v) is 1.95. The summed E-state index contributed by atoms with van der Waals surface area (Å²) in [6.45, 7) is 3.96. The van der Waals surface area contributed by atoms with Gasteiger partial charge < -0.3 is 4.90 Å². The highest BCUT2D eigenvalue weighted by molar-refractivity contribution is 5.80. The number of anilines is 1. The number of aryl methyl sites for hydroxylation is 1. The third-order valence-corrected chi connectivity index (χ3v) is 2.92. The summed E-state index contributed by atoms with van der Waals surface area (Å²) in [6, 6.07) is 11.9. The fraction of sp³-hybridized carbons (Fsp3) is 0.267. The van der Waals surface area contributed by atoms with Gasteiger partial charge in [0.1, 0.15) is 5.78 Å². The zero-order valence-corrected chi connectivity index (χ0v) is 11.4. The summed E-state index contributed by atoms with van der Waals surface area (Å²) in [4.78, 5) is 12.9. The molecule has 0 aliphatic rings. The molecule has 0 fully saturated rings. The summed E-state index contributed by atoms with van der Waals surface area (Å²) in [5.74, 6) is 0.805. The van der Waals surface area contributed by atoms with Crippen molar-refractivity contribution >= 4 is 11.6 Å². The zero-order chi connectivity index (χ0) is 13.8. The summed E-state index contributed by atoms with van der Waals surface area (Å²) in [6.07, 6.45) is 0. The van der Waals surface area contributed by atoms with Crippen LogP contribution in [0, 0.1) is 6.92 Å². The molecule has 0 amide bonds. The molecule has 2 aromatic rings. The number of likely N-dealkylation sites (N-methyl/N-ethyl adjacent to an activating group) is 1. The van der Waals surface area contributed by atoms with E-state index in [1.54, 1.807) is 11.8 Å². The smallest absolute Gasteiger partial charge is 0.151 e. The van der Waals surface area contributed by atoms with E-state index in [-0.39, 0.29) is 5.78 Å². The minimum atomic E-state index is 0.104. The van der Waals surface area contributed by atoms with Gasteiger partial charge in [-0.2, -0.15) is 0 Å². The number of aromatic nitrogens is 2. The Labute approximate surface area is 113 Å². The van der Waals surface area contributed by atoms with Crippen molar-refractivity contribution in [2.75, 3.05) is 18.5 Å². The summed E-state index contributed by atoms with van der Waals surface area (Å²) >= 11 is 0. The number of hydrogen-bond donors (Lipinski definition) is 0. The van der Waals surface area contributed by atoms with E-state index in [0.717, 1.165) is 11.3 Å². The predicted molar refractivity (Wildman–Crippen MR) is 76.2 cm³/mol. The molecule has 0 saturated carbocycles. The van der Waals surface area contributed by atoms with Gasteiger partial charge in [0.05, 0.1) is 12.2 Å². The van der Waals surface area contributed by atoms with E-state index < -0.39 is 0 Å². The van der Waals surface area contributed by atoms with Crippen LogP contribution in [-0.4, -0.2) is 29.6 Å². The number of ketones is 1. The molecular formula is C15H17N3O. The summed E-state index contributed by atoms with van der Waals surface area (Å²) in [7, 11) is 1.83. The maximum Gasteiger partial charge on any atom is 0.151 e. The molecule has 0 aliphatic heterocycles. The van der Waals surface area contributed by atoms with Crippen molar-refractivity contribution in [2.45, 2.75) is 13.8 Å². The van der Waals surface area contributed by atoms with Crippen molar-refractivity contribution < 1.29 is 4.79 Å². The molecule has 1 heterocycles. The van der Waals surface area contributed by atoms with Crippen molar-refractivity contribution in [3.63, 3.8) is 0 Å². The molecule has 0 bridgehead atoms. The quantitative estimate of drug-likeness (QED) is 0.842. The first kappa shape index (κ1) is 13.2. The molecule has 19 heavy (non-hydrogen) atoms. The van der Waals surface area contributed by atoms with Gasteiger partial charge in [0.15, 0.2) is 5.82 Å². The van der Waals surface area contributed by atoms with Gasteiger partial charge in [0, 0.05) is 12.6 Å². The Morgan fingerprint density at radius 3 is 2.47 bits per heavy atom. The van der Waals surface area contributed by atoms with Gasteiger partial charge in [-0.25, -0.2) is 0 Å². The van der Waals surface area contributed by atoms with Crippen molar-refractivity contribution in [3.05, 3.63) is 42.0 Å². The van der Waals surface area contributed by atoms with Crippen LogP contribution in [0.15, 0.2) is 36.4 Å². The topological polar surface area (TPSA) is 46.1 Å². The number of rotatable bonds is 4. The molecular weight excluding hydrogens is 238 g/mol. The average Bonchev–Trinajstić information content (AvgIpc) is 2.39. The second-order valence-electron chi connectivity index (χ2n) is 4.65. The monoisotopic (exact) mass is 255 g/mol. The second-order valence-corrected chi connectivity index (χ2v) is 4.65. The van der Waals surface area contributed by atoms with Crippen LogP contribution < -0.4 is 4.90 Å².